The maximum absolute atomic E-state index is 12.5. The third-order valence-electron chi connectivity index (χ3n) is 2.28. The molecule has 0 spiro atoms. The quantitative estimate of drug-likeness (QED) is 0.817. The topological polar surface area (TPSA) is 68.0 Å². The van der Waals surface area contributed by atoms with Gasteiger partial charge in [0.2, 0.25) is 0 Å². The molecule has 1 aromatic heterocycles. The van der Waals surface area contributed by atoms with Crippen molar-refractivity contribution >= 4 is 23.2 Å². The van der Waals surface area contributed by atoms with Crippen LogP contribution in [0.2, 0.25) is 5.15 Å². The van der Waals surface area contributed by atoms with E-state index in [1.165, 1.54) is 12.3 Å². The Kier molecular flexibility index (Phi) is 3.87. The Morgan fingerprint density at radius 2 is 2.06 bits per heavy atom. The molecule has 0 fully saturated rings. The highest BCUT2D eigenvalue weighted by molar-refractivity contribution is 6.32. The summed E-state index contributed by atoms with van der Waals surface area (Å²) in [5.41, 5.74) is 2.60. The molecule has 0 aliphatic heterocycles. The zero-order chi connectivity index (χ0) is 14.1. The second-order valence-corrected chi connectivity index (χ2v) is 4.36. The lowest BCUT2D eigenvalue weighted by Gasteiger charge is -2.26. The number of amides is 1. The first-order valence-corrected chi connectivity index (χ1v) is 5.22. The molecule has 1 rings (SSSR count). The molecular weight excluding hydrogens is 271 g/mol. The van der Waals surface area contributed by atoms with E-state index in [1.807, 2.05) is 5.32 Å². The van der Waals surface area contributed by atoms with Crippen LogP contribution in [0.1, 0.15) is 12.5 Å². The first-order chi connectivity index (χ1) is 8.05. The number of rotatable bonds is 2. The highest BCUT2D eigenvalue weighted by Gasteiger charge is 2.54. The highest BCUT2D eigenvalue weighted by Crippen LogP contribution is 2.30. The maximum Gasteiger partial charge on any atom is 0.415 e. The summed E-state index contributed by atoms with van der Waals surface area (Å²) >= 11 is 5.66. The molecule has 18 heavy (non-hydrogen) atoms. The average molecular weight is 282 g/mol. The van der Waals surface area contributed by atoms with E-state index in [4.69, 9.17) is 17.3 Å². The standard InChI is InChI=1S/C10H11ClF3N3O/c1-5-3-6(7(11)16-4-5)17-8(18)9(2,15)10(12,13)14/h3-4H,15H2,1-2H3,(H,17,18). The lowest BCUT2D eigenvalue weighted by molar-refractivity contribution is -0.184. The number of halogens is 4. The van der Waals surface area contributed by atoms with E-state index in [2.05, 4.69) is 4.98 Å². The zero-order valence-corrected chi connectivity index (χ0v) is 10.4. The molecule has 1 aromatic rings. The van der Waals surface area contributed by atoms with Gasteiger partial charge >= 0.3 is 6.18 Å². The first kappa shape index (κ1) is 14.7. The second-order valence-electron chi connectivity index (χ2n) is 4.01. The Hall–Kier alpha value is -1.34. The number of nitrogens with zero attached hydrogens (tertiary/aromatic N) is 1. The van der Waals surface area contributed by atoms with Gasteiger partial charge in [0.1, 0.15) is 0 Å². The van der Waals surface area contributed by atoms with Gasteiger partial charge in [-0.3, -0.25) is 4.79 Å². The Bertz CT molecular complexity index is 474. The minimum atomic E-state index is -4.86. The number of hydrogen-bond acceptors (Lipinski definition) is 3. The van der Waals surface area contributed by atoms with E-state index >= 15 is 0 Å². The smallest absolute Gasteiger partial charge is 0.322 e. The summed E-state index contributed by atoms with van der Waals surface area (Å²) in [4.78, 5) is 15.2. The summed E-state index contributed by atoms with van der Waals surface area (Å²) in [7, 11) is 0. The van der Waals surface area contributed by atoms with Crippen LogP contribution in [-0.2, 0) is 4.79 Å². The molecule has 1 heterocycles. The number of aromatic nitrogens is 1. The summed E-state index contributed by atoms with van der Waals surface area (Å²) in [6.07, 6.45) is -3.44. The van der Waals surface area contributed by atoms with Crippen LogP contribution in [0.5, 0.6) is 0 Å². The molecule has 3 N–H and O–H groups in total. The van der Waals surface area contributed by atoms with Crippen LogP contribution in [0.3, 0.4) is 0 Å². The Labute approximate surface area is 106 Å². The van der Waals surface area contributed by atoms with Crippen LogP contribution in [-0.4, -0.2) is 22.6 Å². The van der Waals surface area contributed by atoms with Crippen molar-refractivity contribution in [1.29, 1.82) is 0 Å². The van der Waals surface area contributed by atoms with Crippen LogP contribution in [0.25, 0.3) is 0 Å². The van der Waals surface area contributed by atoms with Crippen molar-refractivity contribution in [3.8, 4) is 0 Å². The fourth-order valence-electron chi connectivity index (χ4n) is 1.02. The minimum Gasteiger partial charge on any atom is -0.322 e. The van der Waals surface area contributed by atoms with Crippen LogP contribution in [0, 0.1) is 6.92 Å². The zero-order valence-electron chi connectivity index (χ0n) is 9.60. The van der Waals surface area contributed by atoms with Gasteiger partial charge in [-0.2, -0.15) is 13.2 Å². The van der Waals surface area contributed by atoms with Crippen molar-refractivity contribution in [3.05, 3.63) is 23.0 Å². The summed E-state index contributed by atoms with van der Waals surface area (Å²) in [6.45, 7) is 2.24. The van der Waals surface area contributed by atoms with Gasteiger partial charge in [0.05, 0.1) is 5.69 Å². The summed E-state index contributed by atoms with van der Waals surface area (Å²) in [5, 5.41) is 1.91. The number of aryl methyl sites for hydroxylation is 1. The number of anilines is 1. The van der Waals surface area contributed by atoms with Crippen LogP contribution in [0.15, 0.2) is 12.3 Å². The number of hydrogen-bond donors (Lipinski definition) is 2. The summed E-state index contributed by atoms with van der Waals surface area (Å²) in [6, 6.07) is 1.40. The van der Waals surface area contributed by atoms with Gasteiger partial charge in [-0.25, -0.2) is 4.98 Å². The number of nitrogens with one attached hydrogen (secondary N) is 1. The van der Waals surface area contributed by atoms with E-state index in [1.54, 1.807) is 6.92 Å². The normalized spacial score (nSPS) is 15.1. The molecule has 0 aliphatic rings. The summed E-state index contributed by atoms with van der Waals surface area (Å²) < 4.78 is 37.6. The predicted molar refractivity (Wildman–Crippen MR) is 61.3 cm³/mol. The Morgan fingerprint density at radius 1 is 1.50 bits per heavy atom. The SMILES string of the molecule is Cc1cnc(Cl)c(NC(=O)C(C)(N)C(F)(F)F)c1. The fourth-order valence-corrected chi connectivity index (χ4v) is 1.17. The monoisotopic (exact) mass is 281 g/mol. The molecule has 0 bridgehead atoms. The molecule has 0 saturated carbocycles. The maximum atomic E-state index is 12.5. The van der Waals surface area contributed by atoms with Crippen molar-refractivity contribution in [2.24, 2.45) is 5.73 Å². The number of carbonyl (C=O) groups is 1. The number of alkyl halides is 3. The van der Waals surface area contributed by atoms with Crippen molar-refractivity contribution in [2.75, 3.05) is 5.32 Å². The second kappa shape index (κ2) is 4.74. The molecule has 0 aromatic carbocycles. The van der Waals surface area contributed by atoms with E-state index in [0.29, 0.717) is 12.5 Å². The largest absolute Gasteiger partial charge is 0.415 e. The lowest BCUT2D eigenvalue weighted by atomic mass is 10.0. The molecule has 1 amide bonds. The van der Waals surface area contributed by atoms with E-state index in [-0.39, 0.29) is 10.8 Å². The Morgan fingerprint density at radius 3 is 2.56 bits per heavy atom. The van der Waals surface area contributed by atoms with Gasteiger partial charge in [0.15, 0.2) is 10.7 Å². The van der Waals surface area contributed by atoms with Gasteiger partial charge in [-0.1, -0.05) is 11.6 Å². The molecule has 100 valence electrons. The van der Waals surface area contributed by atoms with Gasteiger partial charge in [0, 0.05) is 6.20 Å². The summed E-state index contributed by atoms with van der Waals surface area (Å²) in [5.74, 6) is -1.40. The van der Waals surface area contributed by atoms with Gasteiger partial charge in [-0.15, -0.1) is 0 Å². The fraction of sp³-hybridized carbons (Fsp3) is 0.400. The molecule has 0 aliphatic carbocycles. The van der Waals surface area contributed by atoms with Crippen LogP contribution in [0.4, 0.5) is 18.9 Å². The first-order valence-electron chi connectivity index (χ1n) is 4.85. The predicted octanol–water partition coefficient (Wildman–Crippen LogP) is 2.26. The number of nitrogens with two attached hydrogens (primary N) is 1. The molecule has 0 saturated heterocycles. The van der Waals surface area contributed by atoms with Gasteiger partial charge in [-0.05, 0) is 25.5 Å². The van der Waals surface area contributed by atoms with Crippen molar-refractivity contribution in [1.82, 2.24) is 4.98 Å². The highest BCUT2D eigenvalue weighted by atomic mass is 35.5. The molecule has 4 nitrogen and oxygen atoms in total. The Balaban J connectivity index is 2.98. The third kappa shape index (κ3) is 2.91. The van der Waals surface area contributed by atoms with Gasteiger partial charge in [0.25, 0.3) is 5.91 Å². The van der Waals surface area contributed by atoms with E-state index in [0.717, 1.165) is 0 Å². The minimum absolute atomic E-state index is 0.0115. The average Bonchev–Trinajstić information content (AvgIpc) is 2.21. The van der Waals surface area contributed by atoms with Gasteiger partial charge < -0.3 is 11.1 Å². The van der Waals surface area contributed by atoms with E-state index < -0.39 is 17.6 Å². The lowest BCUT2D eigenvalue weighted by Crippen LogP contribution is -2.59. The van der Waals surface area contributed by atoms with Crippen LogP contribution < -0.4 is 11.1 Å². The molecule has 1 unspecified atom stereocenters. The molecular formula is C10H11ClF3N3O. The van der Waals surface area contributed by atoms with Crippen molar-refractivity contribution < 1.29 is 18.0 Å². The van der Waals surface area contributed by atoms with Crippen LogP contribution >= 0.6 is 11.6 Å². The van der Waals surface area contributed by atoms with Crippen molar-refractivity contribution in [2.45, 2.75) is 25.6 Å². The third-order valence-corrected chi connectivity index (χ3v) is 2.59. The molecule has 1 atom stereocenters. The number of carbonyl (C=O) groups excluding carboxylic acids is 1. The van der Waals surface area contributed by atoms with Crippen molar-refractivity contribution in [3.63, 3.8) is 0 Å². The molecule has 8 heteroatoms. The van der Waals surface area contributed by atoms with E-state index in [9.17, 15) is 18.0 Å². The molecule has 0 radical (unpaired) electrons. The number of pyridine rings is 1.